The van der Waals surface area contributed by atoms with Crippen LogP contribution in [0.3, 0.4) is 0 Å². The van der Waals surface area contributed by atoms with Crippen LogP contribution in [0.2, 0.25) is 0 Å². The van der Waals surface area contributed by atoms with E-state index in [-0.39, 0.29) is 43.1 Å². The Kier molecular flexibility index (Phi) is 8.51. The van der Waals surface area contributed by atoms with E-state index in [0.717, 1.165) is 48.2 Å². The van der Waals surface area contributed by atoms with Crippen molar-refractivity contribution in [2.24, 2.45) is 5.92 Å². The summed E-state index contributed by atoms with van der Waals surface area (Å²) in [6, 6.07) is 23.0. The second-order valence-electron chi connectivity index (χ2n) is 11.6. The maximum absolute atomic E-state index is 12.8. The van der Waals surface area contributed by atoms with Crippen LogP contribution in [0.15, 0.2) is 72.8 Å². The summed E-state index contributed by atoms with van der Waals surface area (Å²) in [5, 5.41) is 9.53. The number of ether oxygens (including phenoxy) is 3. The number of aliphatic hydroxyl groups excluding tert-OH is 1. The number of benzene rings is 3. The minimum absolute atomic E-state index is 0.00136. The molecule has 3 aromatic carbocycles. The van der Waals surface area contributed by atoms with Crippen molar-refractivity contribution in [3.8, 4) is 0 Å². The summed E-state index contributed by atoms with van der Waals surface area (Å²) < 4.78 is 18.8. The Labute approximate surface area is 246 Å². The summed E-state index contributed by atoms with van der Waals surface area (Å²) in [7, 11) is 1.75. The molecule has 2 fully saturated rings. The molecule has 2 amide bonds. The van der Waals surface area contributed by atoms with Crippen LogP contribution in [0.25, 0.3) is 0 Å². The van der Waals surface area contributed by atoms with Crippen LogP contribution in [0, 0.1) is 5.92 Å². The fourth-order valence-corrected chi connectivity index (χ4v) is 6.42. The molecular formula is C34H38N2O6. The molecule has 3 aliphatic heterocycles. The van der Waals surface area contributed by atoms with Crippen molar-refractivity contribution in [3.63, 3.8) is 0 Å². The Morgan fingerprint density at radius 3 is 2.17 bits per heavy atom. The Morgan fingerprint density at radius 2 is 1.52 bits per heavy atom. The Hall–Kier alpha value is -3.40. The van der Waals surface area contributed by atoms with Crippen LogP contribution in [-0.2, 0) is 27.4 Å². The average Bonchev–Trinajstić information content (AvgIpc) is 3.56. The monoisotopic (exact) mass is 570 g/mol. The molecule has 8 nitrogen and oxygen atoms in total. The van der Waals surface area contributed by atoms with Crippen molar-refractivity contribution < 1.29 is 28.9 Å². The normalized spacial score (nSPS) is 26.2. The van der Waals surface area contributed by atoms with Gasteiger partial charge >= 0.3 is 0 Å². The summed E-state index contributed by atoms with van der Waals surface area (Å²) >= 11 is 0. The zero-order chi connectivity index (χ0) is 29.2. The molecule has 3 heterocycles. The number of nitrogens with zero attached hydrogens (tertiary/aromatic N) is 2. The van der Waals surface area contributed by atoms with Gasteiger partial charge in [-0.05, 0) is 48.2 Å². The summed E-state index contributed by atoms with van der Waals surface area (Å²) in [6.07, 6.45) is 1.43. The molecule has 42 heavy (non-hydrogen) atoms. The van der Waals surface area contributed by atoms with Crippen LogP contribution in [0.5, 0.6) is 0 Å². The van der Waals surface area contributed by atoms with E-state index in [1.54, 1.807) is 31.4 Å². The highest BCUT2D eigenvalue weighted by Gasteiger charge is 2.41. The molecule has 0 radical (unpaired) electrons. The highest BCUT2D eigenvalue weighted by molar-refractivity contribution is 6.21. The topological polar surface area (TPSA) is 88.5 Å². The molecule has 0 saturated carbocycles. The number of aliphatic hydroxyl groups is 1. The van der Waals surface area contributed by atoms with Crippen molar-refractivity contribution in [3.05, 3.63) is 106 Å². The van der Waals surface area contributed by atoms with Crippen LogP contribution >= 0.6 is 0 Å². The van der Waals surface area contributed by atoms with Gasteiger partial charge in [-0.15, -0.1) is 0 Å². The molecule has 0 unspecified atom stereocenters. The first-order valence-electron chi connectivity index (χ1n) is 14.7. The van der Waals surface area contributed by atoms with Crippen molar-refractivity contribution >= 4 is 11.8 Å². The van der Waals surface area contributed by atoms with E-state index >= 15 is 0 Å². The van der Waals surface area contributed by atoms with E-state index in [4.69, 9.17) is 14.2 Å². The lowest BCUT2D eigenvalue weighted by Crippen LogP contribution is -2.46. The number of likely N-dealkylation sites (tertiary alicyclic amines) is 1. The third-order valence-corrected chi connectivity index (χ3v) is 8.87. The van der Waals surface area contributed by atoms with E-state index in [1.807, 2.05) is 48.5 Å². The molecule has 3 aromatic rings. The van der Waals surface area contributed by atoms with Gasteiger partial charge in [0.2, 0.25) is 0 Å². The molecule has 0 spiro atoms. The van der Waals surface area contributed by atoms with E-state index in [9.17, 15) is 14.7 Å². The zero-order valence-corrected chi connectivity index (χ0v) is 24.1. The number of fused-ring (bicyclic) bond motifs is 1. The van der Waals surface area contributed by atoms with Crippen LogP contribution in [0.4, 0.5) is 0 Å². The van der Waals surface area contributed by atoms with Crippen molar-refractivity contribution in [2.75, 3.05) is 26.8 Å². The lowest BCUT2D eigenvalue weighted by molar-refractivity contribution is -0.276. The quantitative estimate of drug-likeness (QED) is 0.367. The van der Waals surface area contributed by atoms with E-state index in [1.165, 1.54) is 4.90 Å². The van der Waals surface area contributed by atoms with Gasteiger partial charge in [-0.1, -0.05) is 67.6 Å². The van der Waals surface area contributed by atoms with Crippen molar-refractivity contribution in [1.82, 2.24) is 9.80 Å². The number of carbonyl (C=O) groups is 2. The van der Waals surface area contributed by atoms with Gasteiger partial charge < -0.3 is 19.3 Å². The van der Waals surface area contributed by atoms with Gasteiger partial charge in [-0.25, -0.2) is 0 Å². The highest BCUT2D eigenvalue weighted by Crippen LogP contribution is 2.42. The first kappa shape index (κ1) is 28.7. The minimum atomic E-state index is -0.578. The van der Waals surface area contributed by atoms with Crippen LogP contribution in [-0.4, -0.2) is 65.7 Å². The van der Waals surface area contributed by atoms with Crippen LogP contribution in [0.1, 0.15) is 75.1 Å². The van der Waals surface area contributed by atoms with Crippen molar-refractivity contribution in [2.45, 2.75) is 57.5 Å². The average molecular weight is 571 g/mol. The molecule has 1 N–H and O–H groups in total. The third kappa shape index (κ3) is 5.65. The molecule has 0 bridgehead atoms. The first-order valence-corrected chi connectivity index (χ1v) is 14.7. The number of amides is 2. The number of rotatable bonds is 9. The maximum Gasteiger partial charge on any atom is 0.261 e. The van der Waals surface area contributed by atoms with Gasteiger partial charge in [0, 0.05) is 31.2 Å². The fourth-order valence-electron chi connectivity index (χ4n) is 6.42. The van der Waals surface area contributed by atoms with E-state index in [2.05, 4.69) is 11.8 Å². The SMILES string of the molecule is COC[C@@H]1CCCN1C[C@H]1O[C@@H](c2ccc(CN3C(=O)c4ccccc4C3=O)cc2)O[C@@H](c2ccc(CO)cc2)[C@H]1C. The van der Waals surface area contributed by atoms with Gasteiger partial charge in [0.1, 0.15) is 0 Å². The summed E-state index contributed by atoms with van der Waals surface area (Å²) in [5.74, 6) is -0.434. The standard InChI is InChI=1S/C34H38N2O6/c1-22-30(19-35-17-5-6-27(35)21-40-2)41-34(42-31(22)25-13-11-24(20-37)12-14-25)26-15-9-23(10-16-26)18-36-32(38)28-7-3-4-8-29(28)33(36)39/h3-4,7-16,22,27,30-31,34,37H,5-6,17-21H2,1-2H3/t22-,27-,30+,31+,34+/m0/s1. The predicted molar refractivity (Wildman–Crippen MR) is 157 cm³/mol. The lowest BCUT2D eigenvalue weighted by Gasteiger charge is -2.43. The minimum Gasteiger partial charge on any atom is -0.392 e. The third-order valence-electron chi connectivity index (χ3n) is 8.87. The smallest absolute Gasteiger partial charge is 0.261 e. The van der Waals surface area contributed by atoms with Gasteiger partial charge in [0.15, 0.2) is 6.29 Å². The van der Waals surface area contributed by atoms with Gasteiger partial charge in [0.25, 0.3) is 11.8 Å². The second-order valence-corrected chi connectivity index (χ2v) is 11.6. The maximum atomic E-state index is 12.8. The summed E-state index contributed by atoms with van der Waals surface area (Å²) in [5.41, 5.74) is 4.54. The predicted octanol–water partition coefficient (Wildman–Crippen LogP) is 4.88. The molecule has 0 aromatic heterocycles. The number of methoxy groups -OCH3 is 1. The van der Waals surface area contributed by atoms with Crippen molar-refractivity contribution in [1.29, 1.82) is 0 Å². The Bertz CT molecular complexity index is 1370. The summed E-state index contributed by atoms with van der Waals surface area (Å²) in [4.78, 5) is 29.5. The molecule has 0 aliphatic carbocycles. The molecule has 2 saturated heterocycles. The molecular weight excluding hydrogens is 532 g/mol. The fraction of sp³-hybridized carbons (Fsp3) is 0.412. The van der Waals surface area contributed by atoms with Gasteiger partial charge in [-0.3, -0.25) is 19.4 Å². The van der Waals surface area contributed by atoms with E-state index in [0.29, 0.717) is 23.8 Å². The highest BCUT2D eigenvalue weighted by atomic mass is 16.7. The second kappa shape index (κ2) is 12.5. The number of imide groups is 1. The van der Waals surface area contributed by atoms with Crippen LogP contribution < -0.4 is 0 Å². The number of hydrogen-bond donors (Lipinski definition) is 1. The number of hydrogen-bond acceptors (Lipinski definition) is 7. The summed E-state index contributed by atoms with van der Waals surface area (Å²) in [6.45, 7) is 4.90. The molecule has 8 heteroatoms. The van der Waals surface area contributed by atoms with Gasteiger partial charge in [0.05, 0.1) is 43.1 Å². The lowest BCUT2D eigenvalue weighted by atomic mass is 9.90. The number of carbonyl (C=O) groups excluding carboxylic acids is 2. The van der Waals surface area contributed by atoms with E-state index < -0.39 is 6.29 Å². The largest absolute Gasteiger partial charge is 0.392 e. The molecule has 3 aliphatic rings. The molecule has 220 valence electrons. The molecule has 6 rings (SSSR count). The molecule has 5 atom stereocenters. The van der Waals surface area contributed by atoms with Gasteiger partial charge in [-0.2, -0.15) is 0 Å². The Balaban J connectivity index is 1.21. The first-order chi connectivity index (χ1) is 20.5. The Morgan fingerprint density at radius 1 is 0.881 bits per heavy atom. The zero-order valence-electron chi connectivity index (χ0n) is 24.1.